The smallest absolute Gasteiger partial charge is 0.143 e. The van der Waals surface area contributed by atoms with Crippen LogP contribution in [0.1, 0.15) is 16.8 Å². The Bertz CT molecular complexity index is 551. The number of H-pyrrole nitrogens is 1. The molecule has 0 spiro atoms. The number of hydrogen-bond acceptors (Lipinski definition) is 3. The van der Waals surface area contributed by atoms with Crippen LogP contribution in [0.2, 0.25) is 5.02 Å². The first-order valence-corrected chi connectivity index (χ1v) is 6.06. The minimum atomic E-state index is 0.694. The zero-order valence-corrected chi connectivity index (χ0v) is 11.4. The standard InChI is InChI=1S/C13H16ClN3O/c1-8-4-12(13(18-3)5-11(8)14)15-6-10-7-16-17-9(10)2/h4-5,7,15H,6H2,1-3H3,(H,16,17). The second-order valence-corrected chi connectivity index (χ2v) is 4.58. The van der Waals surface area contributed by atoms with Crippen molar-refractivity contribution in [2.45, 2.75) is 20.4 Å². The highest BCUT2D eigenvalue weighted by atomic mass is 35.5. The average molecular weight is 266 g/mol. The summed E-state index contributed by atoms with van der Waals surface area (Å²) in [6.07, 6.45) is 1.82. The Kier molecular flexibility index (Phi) is 3.77. The number of hydrogen-bond donors (Lipinski definition) is 2. The van der Waals surface area contributed by atoms with Gasteiger partial charge in [-0.15, -0.1) is 0 Å². The SMILES string of the molecule is COc1cc(Cl)c(C)cc1NCc1cn[nH]c1C. The van der Waals surface area contributed by atoms with Crippen LogP contribution in [0.3, 0.4) is 0 Å². The molecule has 4 nitrogen and oxygen atoms in total. The minimum absolute atomic E-state index is 0.694. The topological polar surface area (TPSA) is 49.9 Å². The molecule has 5 heteroatoms. The van der Waals surface area contributed by atoms with Crippen LogP contribution in [0.25, 0.3) is 0 Å². The molecule has 0 radical (unpaired) electrons. The molecule has 0 saturated carbocycles. The van der Waals surface area contributed by atoms with E-state index in [1.165, 1.54) is 0 Å². The molecular formula is C13H16ClN3O. The molecule has 0 unspecified atom stereocenters. The normalized spacial score (nSPS) is 10.4. The lowest BCUT2D eigenvalue weighted by atomic mass is 10.2. The number of methoxy groups -OCH3 is 1. The number of ether oxygens (including phenoxy) is 1. The van der Waals surface area contributed by atoms with Gasteiger partial charge < -0.3 is 10.1 Å². The van der Waals surface area contributed by atoms with Crippen molar-refractivity contribution < 1.29 is 4.74 Å². The Morgan fingerprint density at radius 2 is 2.17 bits per heavy atom. The molecule has 0 fully saturated rings. The second kappa shape index (κ2) is 5.31. The molecule has 0 aliphatic rings. The fourth-order valence-electron chi connectivity index (χ4n) is 1.71. The average Bonchev–Trinajstić information content (AvgIpc) is 2.76. The maximum absolute atomic E-state index is 6.07. The van der Waals surface area contributed by atoms with Gasteiger partial charge in [-0.3, -0.25) is 5.10 Å². The third-order valence-corrected chi connectivity index (χ3v) is 3.29. The van der Waals surface area contributed by atoms with Gasteiger partial charge in [0.05, 0.1) is 19.0 Å². The van der Waals surface area contributed by atoms with Crippen molar-refractivity contribution in [1.29, 1.82) is 0 Å². The number of rotatable bonds is 4. The molecule has 1 aromatic carbocycles. The molecule has 0 saturated heterocycles. The Morgan fingerprint density at radius 3 is 2.78 bits per heavy atom. The van der Waals surface area contributed by atoms with Gasteiger partial charge in [-0.2, -0.15) is 5.10 Å². The van der Waals surface area contributed by atoms with E-state index in [1.54, 1.807) is 7.11 Å². The third-order valence-electron chi connectivity index (χ3n) is 2.88. The highest BCUT2D eigenvalue weighted by Gasteiger charge is 2.07. The molecule has 1 aromatic heterocycles. The summed E-state index contributed by atoms with van der Waals surface area (Å²) in [6.45, 7) is 4.66. The van der Waals surface area contributed by atoms with Gasteiger partial charge in [0.25, 0.3) is 0 Å². The Morgan fingerprint density at radius 1 is 1.39 bits per heavy atom. The summed E-state index contributed by atoms with van der Waals surface area (Å²) >= 11 is 6.07. The van der Waals surface area contributed by atoms with Crippen molar-refractivity contribution in [3.8, 4) is 5.75 Å². The third kappa shape index (κ3) is 2.59. The highest BCUT2D eigenvalue weighted by molar-refractivity contribution is 6.31. The van der Waals surface area contributed by atoms with E-state index in [0.717, 1.165) is 28.3 Å². The van der Waals surface area contributed by atoms with E-state index in [1.807, 2.05) is 32.2 Å². The lowest BCUT2D eigenvalue weighted by Gasteiger charge is -2.12. The van der Waals surface area contributed by atoms with Crippen LogP contribution in [0, 0.1) is 13.8 Å². The van der Waals surface area contributed by atoms with Crippen LogP contribution in [0.4, 0.5) is 5.69 Å². The molecule has 0 aliphatic heterocycles. The van der Waals surface area contributed by atoms with Crippen LogP contribution in [0.5, 0.6) is 5.75 Å². The van der Waals surface area contributed by atoms with Gasteiger partial charge in [0.1, 0.15) is 5.75 Å². The van der Waals surface area contributed by atoms with Crippen molar-refractivity contribution in [2.75, 3.05) is 12.4 Å². The van der Waals surface area contributed by atoms with Crippen molar-refractivity contribution in [2.24, 2.45) is 0 Å². The molecule has 0 amide bonds. The van der Waals surface area contributed by atoms with E-state index in [-0.39, 0.29) is 0 Å². The Hall–Kier alpha value is -1.68. The Balaban J connectivity index is 2.18. The van der Waals surface area contributed by atoms with Crippen molar-refractivity contribution >= 4 is 17.3 Å². The van der Waals surface area contributed by atoms with Crippen molar-refractivity contribution in [3.05, 3.63) is 40.2 Å². The molecular weight excluding hydrogens is 250 g/mol. The fraction of sp³-hybridized carbons (Fsp3) is 0.308. The zero-order chi connectivity index (χ0) is 13.1. The Labute approximate surface area is 111 Å². The number of nitrogens with zero attached hydrogens (tertiary/aromatic N) is 1. The van der Waals surface area contributed by atoms with Crippen molar-refractivity contribution in [1.82, 2.24) is 10.2 Å². The summed E-state index contributed by atoms with van der Waals surface area (Å²) in [5.74, 6) is 0.742. The predicted octanol–water partition coefficient (Wildman–Crippen LogP) is 3.30. The van der Waals surface area contributed by atoms with Gasteiger partial charge in [0.15, 0.2) is 0 Å². The lowest BCUT2D eigenvalue weighted by molar-refractivity contribution is 0.416. The van der Waals surface area contributed by atoms with Crippen LogP contribution in [-0.4, -0.2) is 17.3 Å². The number of anilines is 1. The number of aromatic amines is 1. The fourth-order valence-corrected chi connectivity index (χ4v) is 1.87. The molecule has 96 valence electrons. The molecule has 1 heterocycles. The number of nitrogens with one attached hydrogen (secondary N) is 2. The highest BCUT2D eigenvalue weighted by Crippen LogP contribution is 2.31. The van der Waals surface area contributed by atoms with Crippen molar-refractivity contribution in [3.63, 3.8) is 0 Å². The molecule has 0 aliphatic carbocycles. The molecule has 18 heavy (non-hydrogen) atoms. The number of aryl methyl sites for hydroxylation is 2. The van der Waals surface area contributed by atoms with E-state index >= 15 is 0 Å². The molecule has 2 N–H and O–H groups in total. The second-order valence-electron chi connectivity index (χ2n) is 4.18. The zero-order valence-electron chi connectivity index (χ0n) is 10.7. The molecule has 0 bridgehead atoms. The number of benzene rings is 1. The van der Waals surface area contributed by atoms with Gasteiger partial charge in [-0.1, -0.05) is 11.6 Å². The minimum Gasteiger partial charge on any atom is -0.495 e. The van der Waals surface area contributed by atoms with Gasteiger partial charge >= 0.3 is 0 Å². The molecule has 2 rings (SSSR count). The monoisotopic (exact) mass is 265 g/mol. The first-order chi connectivity index (χ1) is 8.61. The van der Waals surface area contributed by atoms with Crippen LogP contribution < -0.4 is 10.1 Å². The summed E-state index contributed by atoms with van der Waals surface area (Å²) in [6, 6.07) is 3.80. The summed E-state index contributed by atoms with van der Waals surface area (Å²) in [7, 11) is 1.63. The maximum atomic E-state index is 6.07. The molecule has 0 atom stereocenters. The largest absolute Gasteiger partial charge is 0.495 e. The first kappa shape index (κ1) is 12.8. The van der Waals surface area contributed by atoms with E-state index in [4.69, 9.17) is 16.3 Å². The summed E-state index contributed by atoms with van der Waals surface area (Å²) < 4.78 is 5.31. The predicted molar refractivity (Wildman–Crippen MR) is 73.4 cm³/mol. The first-order valence-electron chi connectivity index (χ1n) is 5.68. The van der Waals surface area contributed by atoms with Gasteiger partial charge in [-0.25, -0.2) is 0 Å². The summed E-state index contributed by atoms with van der Waals surface area (Å²) in [4.78, 5) is 0. The quantitative estimate of drug-likeness (QED) is 0.892. The summed E-state index contributed by atoms with van der Waals surface area (Å²) in [5, 5.41) is 10.9. The van der Waals surface area contributed by atoms with Gasteiger partial charge in [0.2, 0.25) is 0 Å². The van der Waals surface area contributed by atoms with Gasteiger partial charge in [0, 0.05) is 28.9 Å². The van der Waals surface area contributed by atoms with Crippen LogP contribution in [0.15, 0.2) is 18.3 Å². The van der Waals surface area contributed by atoms with Crippen LogP contribution >= 0.6 is 11.6 Å². The van der Waals surface area contributed by atoms with E-state index in [0.29, 0.717) is 11.6 Å². The molecule has 2 aromatic rings. The van der Waals surface area contributed by atoms with E-state index in [2.05, 4.69) is 15.5 Å². The van der Waals surface area contributed by atoms with Gasteiger partial charge in [-0.05, 0) is 25.5 Å². The number of halogens is 1. The van der Waals surface area contributed by atoms with E-state index < -0.39 is 0 Å². The summed E-state index contributed by atoms with van der Waals surface area (Å²) in [5.41, 5.74) is 4.14. The lowest BCUT2D eigenvalue weighted by Crippen LogP contribution is -2.02. The van der Waals surface area contributed by atoms with E-state index in [9.17, 15) is 0 Å². The van der Waals surface area contributed by atoms with Crippen LogP contribution in [-0.2, 0) is 6.54 Å². The number of aromatic nitrogens is 2. The maximum Gasteiger partial charge on any atom is 0.143 e.